The molecule has 3 saturated carbocycles. The summed E-state index contributed by atoms with van der Waals surface area (Å²) in [7, 11) is 1.75. The lowest BCUT2D eigenvalue weighted by atomic mass is 9.62. The Morgan fingerprint density at radius 3 is 2.00 bits per heavy atom. The van der Waals surface area contributed by atoms with Crippen molar-refractivity contribution in [2.24, 2.45) is 23.7 Å². The Balaban J connectivity index is 1.26. The van der Waals surface area contributed by atoms with E-state index >= 15 is 0 Å². The van der Waals surface area contributed by atoms with E-state index in [-0.39, 0.29) is 0 Å². The van der Waals surface area contributed by atoms with Gasteiger partial charge < -0.3 is 9.47 Å². The number of benzene rings is 1. The topological polar surface area (TPSA) is 18.5 Å². The summed E-state index contributed by atoms with van der Waals surface area (Å²) in [6.45, 7) is 3.04. The van der Waals surface area contributed by atoms with Crippen LogP contribution in [0.1, 0.15) is 82.6 Å². The van der Waals surface area contributed by atoms with Crippen molar-refractivity contribution in [1.29, 1.82) is 0 Å². The Morgan fingerprint density at radius 2 is 1.33 bits per heavy atom. The fourth-order valence-corrected chi connectivity index (χ4v) is 6.50. The number of methoxy groups -OCH3 is 1. The molecule has 0 spiro atoms. The van der Waals surface area contributed by atoms with Crippen LogP contribution in [0.3, 0.4) is 0 Å². The highest BCUT2D eigenvalue weighted by molar-refractivity contribution is 5.29. The van der Waals surface area contributed by atoms with Crippen LogP contribution in [0.5, 0.6) is 5.75 Å². The zero-order valence-electron chi connectivity index (χ0n) is 17.4. The van der Waals surface area contributed by atoms with Gasteiger partial charge in [0.05, 0.1) is 13.2 Å². The van der Waals surface area contributed by atoms with Crippen LogP contribution in [0.25, 0.3) is 0 Å². The summed E-state index contributed by atoms with van der Waals surface area (Å²) < 4.78 is 11.2. The molecule has 1 aromatic carbocycles. The van der Waals surface area contributed by atoms with Gasteiger partial charge in [-0.25, -0.2) is 0 Å². The van der Waals surface area contributed by atoms with Crippen molar-refractivity contribution in [2.45, 2.75) is 83.2 Å². The Bertz CT molecular complexity index is 572. The van der Waals surface area contributed by atoms with Gasteiger partial charge in [0.2, 0.25) is 0 Å². The molecular weight excluding hydrogens is 332 g/mol. The normalized spacial score (nSPS) is 36.8. The predicted octanol–water partition coefficient (Wildman–Crippen LogP) is 6.59. The minimum absolute atomic E-state index is 0.563. The molecule has 0 aromatic heterocycles. The predicted molar refractivity (Wildman–Crippen MR) is 111 cm³/mol. The summed E-state index contributed by atoms with van der Waals surface area (Å²) in [5, 5.41) is 0. The van der Waals surface area contributed by atoms with Gasteiger partial charge in [-0.2, -0.15) is 0 Å². The third kappa shape index (κ3) is 4.53. The summed E-state index contributed by atoms with van der Waals surface area (Å²) >= 11 is 0. The molecule has 0 heterocycles. The second kappa shape index (κ2) is 8.99. The highest BCUT2D eigenvalue weighted by atomic mass is 16.5. The minimum Gasteiger partial charge on any atom is -0.497 e. The van der Waals surface area contributed by atoms with Crippen molar-refractivity contribution in [3.05, 3.63) is 29.8 Å². The quantitative estimate of drug-likeness (QED) is 0.582. The van der Waals surface area contributed by atoms with Crippen molar-refractivity contribution >= 4 is 0 Å². The van der Waals surface area contributed by atoms with Gasteiger partial charge in [0, 0.05) is 6.61 Å². The molecular formula is C25H38O2. The van der Waals surface area contributed by atoms with Crippen LogP contribution in [-0.2, 0) is 4.74 Å². The van der Waals surface area contributed by atoms with Crippen LogP contribution in [0, 0.1) is 23.7 Å². The largest absolute Gasteiger partial charge is 0.497 e. The number of fused-ring (bicyclic) bond motifs is 1. The molecule has 2 heteroatoms. The molecule has 1 aromatic rings. The van der Waals surface area contributed by atoms with Crippen molar-refractivity contribution in [1.82, 2.24) is 0 Å². The molecule has 0 amide bonds. The van der Waals surface area contributed by atoms with E-state index in [1.165, 1.54) is 69.8 Å². The molecule has 3 aliphatic carbocycles. The molecule has 4 rings (SSSR count). The lowest BCUT2D eigenvalue weighted by Crippen LogP contribution is -2.36. The maximum atomic E-state index is 5.94. The van der Waals surface area contributed by atoms with Crippen LogP contribution >= 0.6 is 0 Å². The number of ether oxygens (including phenoxy) is 2. The van der Waals surface area contributed by atoms with Gasteiger partial charge in [-0.1, -0.05) is 12.1 Å². The molecule has 0 aliphatic heterocycles. The fourth-order valence-electron chi connectivity index (χ4n) is 6.50. The third-order valence-corrected chi connectivity index (χ3v) is 8.03. The summed E-state index contributed by atoms with van der Waals surface area (Å²) in [5.74, 6) is 5.70. The average Bonchev–Trinajstić information content (AvgIpc) is 2.74. The molecule has 27 heavy (non-hydrogen) atoms. The zero-order valence-corrected chi connectivity index (χ0v) is 17.4. The SMILES string of the molecule is CCOC1CCC2CC(C3CCC(c4ccc(OC)cc4)CC3)CCC2C1. The first-order valence-corrected chi connectivity index (χ1v) is 11.5. The second-order valence-corrected chi connectivity index (χ2v) is 9.37. The van der Waals surface area contributed by atoms with Crippen molar-refractivity contribution in [3.63, 3.8) is 0 Å². The highest BCUT2D eigenvalue weighted by Gasteiger charge is 2.39. The monoisotopic (exact) mass is 370 g/mol. The van der Waals surface area contributed by atoms with E-state index < -0.39 is 0 Å². The van der Waals surface area contributed by atoms with Crippen LogP contribution in [-0.4, -0.2) is 19.8 Å². The first kappa shape index (κ1) is 19.3. The van der Waals surface area contributed by atoms with Gasteiger partial charge >= 0.3 is 0 Å². The molecule has 0 saturated heterocycles. The summed E-state index contributed by atoms with van der Waals surface area (Å²) in [5.41, 5.74) is 1.52. The zero-order chi connectivity index (χ0) is 18.6. The lowest BCUT2D eigenvalue weighted by molar-refractivity contribution is -0.0205. The summed E-state index contributed by atoms with van der Waals surface area (Å²) in [6.07, 6.45) is 14.8. The first-order chi connectivity index (χ1) is 13.3. The molecule has 0 N–H and O–H groups in total. The molecule has 3 fully saturated rings. The van der Waals surface area contributed by atoms with Gasteiger partial charge in [0.15, 0.2) is 0 Å². The van der Waals surface area contributed by atoms with E-state index in [1.54, 1.807) is 7.11 Å². The van der Waals surface area contributed by atoms with E-state index in [4.69, 9.17) is 9.47 Å². The van der Waals surface area contributed by atoms with Crippen LogP contribution in [0.4, 0.5) is 0 Å². The van der Waals surface area contributed by atoms with Gasteiger partial charge in [-0.05, 0) is 118 Å². The van der Waals surface area contributed by atoms with E-state index in [9.17, 15) is 0 Å². The molecule has 150 valence electrons. The Morgan fingerprint density at radius 1 is 0.741 bits per heavy atom. The molecule has 0 bridgehead atoms. The van der Waals surface area contributed by atoms with E-state index in [2.05, 4.69) is 31.2 Å². The molecule has 0 radical (unpaired) electrons. The van der Waals surface area contributed by atoms with E-state index in [0.717, 1.165) is 41.9 Å². The van der Waals surface area contributed by atoms with Crippen LogP contribution in [0.2, 0.25) is 0 Å². The van der Waals surface area contributed by atoms with Crippen molar-refractivity contribution < 1.29 is 9.47 Å². The minimum atomic E-state index is 0.563. The Hall–Kier alpha value is -1.02. The van der Waals surface area contributed by atoms with Gasteiger partial charge in [0.25, 0.3) is 0 Å². The molecule has 4 atom stereocenters. The standard InChI is InChI=1S/C25H38O2/c1-3-27-25-15-12-22-16-21(8-9-23(22)17-25)20-6-4-18(5-7-20)19-10-13-24(26-2)14-11-19/h10-11,13-14,18,20-23,25H,3-9,12,15-17H2,1-2H3. The van der Waals surface area contributed by atoms with Crippen LogP contribution in [0.15, 0.2) is 24.3 Å². The van der Waals surface area contributed by atoms with Crippen LogP contribution < -0.4 is 4.74 Å². The Kier molecular flexibility index (Phi) is 6.42. The Labute approximate surface area is 166 Å². The van der Waals surface area contributed by atoms with Crippen molar-refractivity contribution in [2.75, 3.05) is 13.7 Å². The van der Waals surface area contributed by atoms with Gasteiger partial charge in [-0.3, -0.25) is 0 Å². The fraction of sp³-hybridized carbons (Fsp3) is 0.760. The number of rotatable bonds is 5. The molecule has 2 nitrogen and oxygen atoms in total. The number of hydrogen-bond donors (Lipinski definition) is 0. The molecule has 4 unspecified atom stereocenters. The van der Waals surface area contributed by atoms with Crippen molar-refractivity contribution in [3.8, 4) is 5.75 Å². The average molecular weight is 371 g/mol. The number of hydrogen-bond acceptors (Lipinski definition) is 2. The summed E-state index contributed by atoms with van der Waals surface area (Å²) in [6, 6.07) is 8.82. The van der Waals surface area contributed by atoms with E-state index in [1.807, 2.05) is 0 Å². The highest BCUT2D eigenvalue weighted by Crippen LogP contribution is 2.49. The smallest absolute Gasteiger partial charge is 0.118 e. The maximum absolute atomic E-state index is 5.94. The second-order valence-electron chi connectivity index (χ2n) is 9.37. The third-order valence-electron chi connectivity index (χ3n) is 8.03. The maximum Gasteiger partial charge on any atom is 0.118 e. The first-order valence-electron chi connectivity index (χ1n) is 11.5. The van der Waals surface area contributed by atoms with Gasteiger partial charge in [0.1, 0.15) is 5.75 Å². The summed E-state index contributed by atoms with van der Waals surface area (Å²) in [4.78, 5) is 0. The molecule has 3 aliphatic rings. The van der Waals surface area contributed by atoms with E-state index in [0.29, 0.717) is 6.10 Å². The lowest BCUT2D eigenvalue weighted by Gasteiger charge is -2.45. The van der Waals surface area contributed by atoms with Gasteiger partial charge in [-0.15, -0.1) is 0 Å².